The molecule has 1 rings (SSSR count). The minimum absolute atomic E-state index is 0.0228. The molecule has 18 heavy (non-hydrogen) atoms. The highest BCUT2D eigenvalue weighted by atomic mass is 79.9. The monoisotopic (exact) mass is 335 g/mol. The van der Waals surface area contributed by atoms with Gasteiger partial charge in [-0.2, -0.15) is 0 Å². The number of thiophene rings is 1. The lowest BCUT2D eigenvalue weighted by Gasteiger charge is -2.22. The van der Waals surface area contributed by atoms with Gasteiger partial charge < -0.3 is 15.2 Å². The average Bonchev–Trinajstić information content (AvgIpc) is 2.74. The van der Waals surface area contributed by atoms with Crippen LogP contribution >= 0.6 is 27.3 Å². The first kappa shape index (κ1) is 16.1. The quantitative estimate of drug-likeness (QED) is 0.736. The maximum absolute atomic E-state index is 6.13. The Bertz CT molecular complexity index is 343. The van der Waals surface area contributed by atoms with Crippen molar-refractivity contribution in [1.29, 1.82) is 0 Å². The zero-order valence-electron chi connectivity index (χ0n) is 11.2. The van der Waals surface area contributed by atoms with Crippen LogP contribution in [0.25, 0.3) is 0 Å². The Balaban J connectivity index is 2.51. The van der Waals surface area contributed by atoms with Crippen LogP contribution in [0.1, 0.15) is 38.2 Å². The van der Waals surface area contributed by atoms with Gasteiger partial charge in [0.25, 0.3) is 0 Å². The molecule has 1 aromatic heterocycles. The van der Waals surface area contributed by atoms with Gasteiger partial charge in [-0.15, -0.1) is 11.3 Å². The largest absolute Gasteiger partial charge is 0.376 e. The van der Waals surface area contributed by atoms with E-state index in [0.717, 1.165) is 10.9 Å². The molecule has 1 heterocycles. The molecule has 2 N–H and O–H groups in total. The van der Waals surface area contributed by atoms with Crippen molar-refractivity contribution >= 4 is 27.3 Å². The first-order valence-electron chi connectivity index (χ1n) is 6.27. The van der Waals surface area contributed by atoms with Crippen molar-refractivity contribution in [3.63, 3.8) is 0 Å². The summed E-state index contributed by atoms with van der Waals surface area (Å²) in [5.41, 5.74) is 6.13. The summed E-state index contributed by atoms with van der Waals surface area (Å²) in [7, 11) is 0. The molecule has 0 aliphatic carbocycles. The minimum Gasteiger partial charge on any atom is -0.376 e. The van der Waals surface area contributed by atoms with Crippen LogP contribution in [0.4, 0.5) is 0 Å². The highest BCUT2D eigenvalue weighted by Gasteiger charge is 2.20. The fraction of sp³-hybridized carbons (Fsp3) is 0.692. The molecule has 0 fully saturated rings. The van der Waals surface area contributed by atoms with Crippen molar-refractivity contribution in [3.05, 3.63) is 20.8 Å². The summed E-state index contributed by atoms with van der Waals surface area (Å²) in [6.45, 7) is 7.30. The van der Waals surface area contributed by atoms with E-state index in [1.54, 1.807) is 11.3 Å². The summed E-state index contributed by atoms with van der Waals surface area (Å²) in [6.07, 6.45) is 1.09. The van der Waals surface area contributed by atoms with E-state index in [4.69, 9.17) is 15.2 Å². The van der Waals surface area contributed by atoms with Crippen molar-refractivity contribution in [1.82, 2.24) is 0 Å². The third-order valence-corrected chi connectivity index (χ3v) is 4.32. The first-order chi connectivity index (χ1) is 8.54. The zero-order valence-corrected chi connectivity index (χ0v) is 13.6. The predicted molar refractivity (Wildman–Crippen MR) is 80.1 cm³/mol. The van der Waals surface area contributed by atoms with E-state index in [-0.39, 0.29) is 18.2 Å². The van der Waals surface area contributed by atoms with Gasteiger partial charge >= 0.3 is 0 Å². The van der Waals surface area contributed by atoms with Gasteiger partial charge in [-0.25, -0.2) is 0 Å². The third kappa shape index (κ3) is 5.36. The van der Waals surface area contributed by atoms with Crippen LogP contribution in [0.3, 0.4) is 0 Å². The van der Waals surface area contributed by atoms with E-state index in [2.05, 4.69) is 34.3 Å². The molecule has 5 heteroatoms. The van der Waals surface area contributed by atoms with Crippen molar-refractivity contribution in [3.8, 4) is 0 Å². The molecule has 1 aromatic rings. The summed E-state index contributed by atoms with van der Waals surface area (Å²) in [5.74, 6) is 0. The van der Waals surface area contributed by atoms with Crippen molar-refractivity contribution in [2.75, 3.05) is 13.2 Å². The highest BCUT2D eigenvalue weighted by molar-refractivity contribution is 9.10. The van der Waals surface area contributed by atoms with Gasteiger partial charge in [0.15, 0.2) is 0 Å². The first-order valence-corrected chi connectivity index (χ1v) is 7.94. The summed E-state index contributed by atoms with van der Waals surface area (Å²) in [6, 6.07) is 2.10. The second-order valence-corrected chi connectivity index (χ2v) is 6.31. The van der Waals surface area contributed by atoms with Crippen molar-refractivity contribution in [2.24, 2.45) is 5.73 Å². The standard InChI is InChI=1S/C13H22BrNO2S/c1-4-11(15)13(12-7-10(14)8-18-12)17-6-5-16-9(2)3/h7-9,11,13H,4-6,15H2,1-3H3. The molecule has 2 atom stereocenters. The van der Waals surface area contributed by atoms with Gasteiger partial charge in [0.2, 0.25) is 0 Å². The summed E-state index contributed by atoms with van der Waals surface area (Å²) in [5, 5.41) is 2.05. The second kappa shape index (κ2) is 8.27. The molecule has 2 unspecified atom stereocenters. The Morgan fingerprint density at radius 3 is 2.50 bits per heavy atom. The lowest BCUT2D eigenvalue weighted by atomic mass is 10.1. The van der Waals surface area contributed by atoms with Crippen LogP contribution in [0.2, 0.25) is 0 Å². The highest BCUT2D eigenvalue weighted by Crippen LogP contribution is 2.30. The van der Waals surface area contributed by atoms with E-state index < -0.39 is 0 Å². The number of hydrogen-bond donors (Lipinski definition) is 1. The van der Waals surface area contributed by atoms with Crippen LogP contribution < -0.4 is 5.73 Å². The number of ether oxygens (including phenoxy) is 2. The average molecular weight is 336 g/mol. The topological polar surface area (TPSA) is 44.5 Å². The normalized spacial score (nSPS) is 15.0. The van der Waals surface area contributed by atoms with Crippen molar-refractivity contribution in [2.45, 2.75) is 45.4 Å². The van der Waals surface area contributed by atoms with Crippen LogP contribution in [0, 0.1) is 0 Å². The Labute approximate surface area is 122 Å². The van der Waals surface area contributed by atoms with Crippen LogP contribution in [0.5, 0.6) is 0 Å². The van der Waals surface area contributed by atoms with E-state index in [1.165, 1.54) is 4.88 Å². The van der Waals surface area contributed by atoms with Gasteiger partial charge in [0, 0.05) is 20.8 Å². The van der Waals surface area contributed by atoms with E-state index in [1.807, 2.05) is 13.8 Å². The Hall–Kier alpha value is 0.0600. The van der Waals surface area contributed by atoms with Crippen molar-refractivity contribution < 1.29 is 9.47 Å². The van der Waals surface area contributed by atoms with E-state index in [9.17, 15) is 0 Å². The SMILES string of the molecule is CCC(N)C(OCCOC(C)C)c1cc(Br)cs1. The maximum Gasteiger partial charge on any atom is 0.107 e. The molecule has 0 aliphatic rings. The third-order valence-electron chi connectivity index (χ3n) is 2.56. The smallest absolute Gasteiger partial charge is 0.107 e. The van der Waals surface area contributed by atoms with Gasteiger partial charge in [0.1, 0.15) is 6.10 Å². The molecule has 104 valence electrons. The molecule has 0 saturated carbocycles. The molecule has 0 bridgehead atoms. The molecular weight excluding hydrogens is 314 g/mol. The molecule has 0 aromatic carbocycles. The molecule has 0 amide bonds. The Kier molecular flexibility index (Phi) is 7.41. The van der Waals surface area contributed by atoms with Gasteiger partial charge in [-0.05, 0) is 42.3 Å². The minimum atomic E-state index is -0.0398. The number of halogens is 1. The Morgan fingerprint density at radius 1 is 1.33 bits per heavy atom. The molecule has 0 radical (unpaired) electrons. The summed E-state index contributed by atoms with van der Waals surface area (Å²) < 4.78 is 12.4. The summed E-state index contributed by atoms with van der Waals surface area (Å²) in [4.78, 5) is 1.17. The molecule has 3 nitrogen and oxygen atoms in total. The van der Waals surface area contributed by atoms with Crippen LogP contribution in [-0.2, 0) is 9.47 Å². The van der Waals surface area contributed by atoms with Gasteiger partial charge in [-0.1, -0.05) is 6.92 Å². The molecule has 0 spiro atoms. The van der Waals surface area contributed by atoms with Gasteiger partial charge in [-0.3, -0.25) is 0 Å². The lowest BCUT2D eigenvalue weighted by molar-refractivity contribution is -0.0211. The predicted octanol–water partition coefficient (Wildman–Crippen LogP) is 3.73. The van der Waals surface area contributed by atoms with Gasteiger partial charge in [0.05, 0.1) is 19.3 Å². The molecule has 0 saturated heterocycles. The second-order valence-electron chi connectivity index (χ2n) is 4.45. The van der Waals surface area contributed by atoms with Crippen LogP contribution in [-0.4, -0.2) is 25.4 Å². The summed E-state index contributed by atoms with van der Waals surface area (Å²) >= 11 is 5.13. The zero-order chi connectivity index (χ0) is 13.5. The van der Waals surface area contributed by atoms with E-state index in [0.29, 0.717) is 13.2 Å². The number of nitrogens with two attached hydrogens (primary N) is 1. The Morgan fingerprint density at radius 2 is 2.00 bits per heavy atom. The lowest BCUT2D eigenvalue weighted by Crippen LogP contribution is -2.30. The maximum atomic E-state index is 6.13. The van der Waals surface area contributed by atoms with E-state index >= 15 is 0 Å². The number of rotatable bonds is 8. The fourth-order valence-electron chi connectivity index (χ4n) is 1.57. The van der Waals surface area contributed by atoms with Crippen LogP contribution in [0.15, 0.2) is 15.9 Å². The number of hydrogen-bond acceptors (Lipinski definition) is 4. The molecule has 0 aliphatic heterocycles. The molecular formula is C13H22BrNO2S. The fourth-order valence-corrected chi connectivity index (χ4v) is 3.13.